The molecule has 0 aromatic carbocycles. The van der Waals surface area contributed by atoms with Crippen LogP contribution in [0, 0.1) is 11.3 Å². The molecule has 2 fully saturated rings. The molecule has 0 amide bonds. The van der Waals surface area contributed by atoms with E-state index in [0.717, 1.165) is 5.92 Å². The van der Waals surface area contributed by atoms with Gasteiger partial charge in [0.1, 0.15) is 0 Å². The van der Waals surface area contributed by atoms with Crippen molar-refractivity contribution in [2.24, 2.45) is 17.1 Å². The number of fused-ring (bicyclic) bond motifs is 2. The molecule has 0 radical (unpaired) electrons. The van der Waals surface area contributed by atoms with Gasteiger partial charge in [-0.3, -0.25) is 0 Å². The van der Waals surface area contributed by atoms with Gasteiger partial charge in [-0.15, -0.1) is 0 Å². The Morgan fingerprint density at radius 3 is 2.00 bits per heavy atom. The maximum atomic E-state index is 6.02. The third-order valence-electron chi connectivity index (χ3n) is 3.49. The van der Waals surface area contributed by atoms with Crippen LogP contribution in [0.4, 0.5) is 0 Å². The molecule has 1 heteroatoms. The molecule has 0 aromatic heterocycles. The van der Waals surface area contributed by atoms with E-state index in [1.54, 1.807) is 0 Å². The summed E-state index contributed by atoms with van der Waals surface area (Å²) in [7, 11) is 0. The standard InChI is InChI=1S/C8H15N/c1-8-4-2-6(3-5-8)7(8)9/h6-7H,2-5,9H2,1H3/t6?,7-,8?/m0/s1. The van der Waals surface area contributed by atoms with Crippen LogP contribution in [0.1, 0.15) is 32.6 Å². The molecule has 0 saturated heterocycles. The molecule has 2 saturated carbocycles. The lowest BCUT2D eigenvalue weighted by Gasteiger charge is -2.23. The van der Waals surface area contributed by atoms with Crippen molar-refractivity contribution in [3.05, 3.63) is 0 Å². The molecule has 0 heterocycles. The van der Waals surface area contributed by atoms with Crippen molar-refractivity contribution >= 4 is 0 Å². The van der Waals surface area contributed by atoms with E-state index in [9.17, 15) is 0 Å². The predicted octanol–water partition coefficient (Wildman–Crippen LogP) is 1.52. The van der Waals surface area contributed by atoms with Gasteiger partial charge in [-0.2, -0.15) is 0 Å². The third-order valence-corrected chi connectivity index (χ3v) is 3.49. The highest BCUT2D eigenvalue weighted by atomic mass is 14.8. The van der Waals surface area contributed by atoms with Crippen LogP contribution in [0.15, 0.2) is 0 Å². The lowest BCUT2D eigenvalue weighted by molar-refractivity contribution is 0.308. The summed E-state index contributed by atoms with van der Waals surface area (Å²) in [5, 5.41) is 0. The lowest BCUT2D eigenvalue weighted by Crippen LogP contribution is -2.32. The fourth-order valence-corrected chi connectivity index (χ4v) is 2.56. The van der Waals surface area contributed by atoms with Crippen molar-refractivity contribution in [1.29, 1.82) is 0 Å². The molecule has 52 valence electrons. The van der Waals surface area contributed by atoms with Gasteiger partial charge in [-0.25, -0.2) is 0 Å². The largest absolute Gasteiger partial charge is 0.327 e. The molecule has 1 nitrogen and oxygen atoms in total. The Labute approximate surface area is 56.6 Å². The molecule has 2 bridgehead atoms. The van der Waals surface area contributed by atoms with E-state index < -0.39 is 0 Å². The molecule has 0 aromatic rings. The SMILES string of the molecule is CC12CCC(CC1)[C@@H]2N. The fraction of sp³-hybridized carbons (Fsp3) is 1.00. The van der Waals surface area contributed by atoms with Gasteiger partial charge in [0, 0.05) is 6.04 Å². The lowest BCUT2D eigenvalue weighted by atomic mass is 9.85. The van der Waals surface area contributed by atoms with E-state index in [-0.39, 0.29) is 0 Å². The van der Waals surface area contributed by atoms with Gasteiger partial charge in [0.2, 0.25) is 0 Å². The van der Waals surface area contributed by atoms with E-state index in [0.29, 0.717) is 11.5 Å². The quantitative estimate of drug-likeness (QED) is 0.522. The normalized spacial score (nSPS) is 56.7. The summed E-state index contributed by atoms with van der Waals surface area (Å²) >= 11 is 0. The molecule has 9 heavy (non-hydrogen) atoms. The first-order valence-corrected chi connectivity index (χ1v) is 3.98. The van der Waals surface area contributed by atoms with Gasteiger partial charge in [0.05, 0.1) is 0 Å². The smallest absolute Gasteiger partial charge is 0.0121 e. The third kappa shape index (κ3) is 0.586. The number of rotatable bonds is 0. The zero-order valence-electron chi connectivity index (χ0n) is 6.06. The van der Waals surface area contributed by atoms with Crippen LogP contribution in [-0.4, -0.2) is 6.04 Å². The topological polar surface area (TPSA) is 26.0 Å². The van der Waals surface area contributed by atoms with Crippen LogP contribution >= 0.6 is 0 Å². The van der Waals surface area contributed by atoms with Crippen LogP contribution in [0.3, 0.4) is 0 Å². The number of nitrogens with two attached hydrogens (primary N) is 1. The molecule has 1 atom stereocenters. The first-order valence-electron chi connectivity index (χ1n) is 3.98. The summed E-state index contributed by atoms with van der Waals surface area (Å²) in [6, 6.07) is 0.539. The van der Waals surface area contributed by atoms with Crippen molar-refractivity contribution in [2.45, 2.75) is 38.6 Å². The molecule has 0 unspecified atom stereocenters. The number of hydrogen-bond donors (Lipinski definition) is 1. The molecule has 0 spiro atoms. The van der Waals surface area contributed by atoms with E-state index in [1.165, 1.54) is 25.7 Å². The van der Waals surface area contributed by atoms with Crippen LogP contribution in [0.5, 0.6) is 0 Å². The summed E-state index contributed by atoms with van der Waals surface area (Å²) in [6.07, 6.45) is 5.58. The Bertz CT molecular complexity index is 123. The summed E-state index contributed by atoms with van der Waals surface area (Å²) in [6.45, 7) is 2.35. The second-order valence-corrected chi connectivity index (χ2v) is 4.02. The van der Waals surface area contributed by atoms with Crippen LogP contribution in [0.2, 0.25) is 0 Å². The van der Waals surface area contributed by atoms with Crippen LogP contribution < -0.4 is 5.73 Å². The molecule has 2 aliphatic carbocycles. The van der Waals surface area contributed by atoms with Gasteiger partial charge in [0.15, 0.2) is 0 Å². The average Bonchev–Trinajstić information content (AvgIpc) is 2.24. The first-order chi connectivity index (χ1) is 4.22. The van der Waals surface area contributed by atoms with E-state index >= 15 is 0 Å². The highest BCUT2D eigenvalue weighted by molar-refractivity contribution is 5.02. The van der Waals surface area contributed by atoms with Crippen LogP contribution in [0.25, 0.3) is 0 Å². The second kappa shape index (κ2) is 1.51. The highest BCUT2D eigenvalue weighted by Crippen LogP contribution is 2.52. The Kier molecular flexibility index (Phi) is 0.963. The second-order valence-electron chi connectivity index (χ2n) is 4.02. The van der Waals surface area contributed by atoms with Crippen molar-refractivity contribution < 1.29 is 0 Å². The van der Waals surface area contributed by atoms with Crippen molar-refractivity contribution in [3.63, 3.8) is 0 Å². The number of hydrogen-bond acceptors (Lipinski definition) is 1. The molecule has 2 aliphatic rings. The summed E-state index contributed by atoms with van der Waals surface area (Å²) in [5.41, 5.74) is 6.56. The molecule has 2 rings (SSSR count). The van der Waals surface area contributed by atoms with E-state index in [2.05, 4.69) is 6.92 Å². The highest BCUT2D eigenvalue weighted by Gasteiger charge is 2.47. The summed E-state index contributed by atoms with van der Waals surface area (Å²) in [5.74, 6) is 0.884. The van der Waals surface area contributed by atoms with Gasteiger partial charge >= 0.3 is 0 Å². The van der Waals surface area contributed by atoms with Crippen molar-refractivity contribution in [3.8, 4) is 0 Å². The Morgan fingerprint density at radius 2 is 1.89 bits per heavy atom. The zero-order valence-corrected chi connectivity index (χ0v) is 6.06. The van der Waals surface area contributed by atoms with E-state index in [4.69, 9.17) is 5.73 Å². The van der Waals surface area contributed by atoms with Crippen molar-refractivity contribution in [2.75, 3.05) is 0 Å². The van der Waals surface area contributed by atoms with Gasteiger partial charge < -0.3 is 5.73 Å². The maximum Gasteiger partial charge on any atom is 0.0121 e. The zero-order chi connectivity index (χ0) is 6.48. The Balaban J connectivity index is 2.26. The van der Waals surface area contributed by atoms with Gasteiger partial charge in [-0.05, 0) is 37.0 Å². The molecular formula is C8H15N. The molecule has 2 N–H and O–H groups in total. The van der Waals surface area contributed by atoms with Crippen molar-refractivity contribution in [1.82, 2.24) is 0 Å². The minimum absolute atomic E-state index is 0.539. The van der Waals surface area contributed by atoms with E-state index in [1.807, 2.05) is 0 Å². The predicted molar refractivity (Wildman–Crippen MR) is 38.0 cm³/mol. The maximum absolute atomic E-state index is 6.02. The Hall–Kier alpha value is -0.0400. The first kappa shape index (κ1) is 5.72. The average molecular weight is 125 g/mol. The van der Waals surface area contributed by atoms with Gasteiger partial charge in [0.25, 0.3) is 0 Å². The Morgan fingerprint density at radius 1 is 1.33 bits per heavy atom. The molecule has 0 aliphatic heterocycles. The fourth-order valence-electron chi connectivity index (χ4n) is 2.56. The monoisotopic (exact) mass is 125 g/mol. The van der Waals surface area contributed by atoms with Gasteiger partial charge in [-0.1, -0.05) is 6.92 Å². The van der Waals surface area contributed by atoms with Crippen LogP contribution in [-0.2, 0) is 0 Å². The summed E-state index contributed by atoms with van der Waals surface area (Å²) in [4.78, 5) is 0. The minimum atomic E-state index is 0.539. The summed E-state index contributed by atoms with van der Waals surface area (Å²) < 4.78 is 0. The minimum Gasteiger partial charge on any atom is -0.327 e. The molecular weight excluding hydrogens is 110 g/mol.